The van der Waals surface area contributed by atoms with Gasteiger partial charge in [0.25, 0.3) is 0 Å². The number of nitrogens with one attached hydrogen (secondary N) is 2. The number of rotatable bonds is 11. The molecule has 0 unspecified atom stereocenters. The zero-order chi connectivity index (χ0) is 20.3. The smallest absolute Gasteiger partial charge is 0.243 e. The van der Waals surface area contributed by atoms with Gasteiger partial charge in [0.1, 0.15) is 0 Å². The standard InChI is InChI=1S/C19H34N4O2S2/c1-6-20-19(21-13-7-8-14-26-5)22-15-17-9-11-18(12-10-17)27(24,25)23(4)16(2)3/h9-12,16H,6-8,13-15H2,1-5H3,(H2,20,21,22). The zero-order valence-corrected chi connectivity index (χ0v) is 18.8. The molecular weight excluding hydrogens is 380 g/mol. The fourth-order valence-corrected chi connectivity index (χ4v) is 4.16. The van der Waals surface area contributed by atoms with Crippen LogP contribution < -0.4 is 10.6 Å². The van der Waals surface area contributed by atoms with Crippen LogP contribution in [-0.4, -0.2) is 56.9 Å². The predicted octanol–water partition coefficient (Wildman–Crippen LogP) is 2.91. The van der Waals surface area contributed by atoms with Crippen molar-refractivity contribution in [3.63, 3.8) is 0 Å². The number of sulfonamides is 1. The Morgan fingerprint density at radius 3 is 2.41 bits per heavy atom. The normalized spacial score (nSPS) is 12.6. The minimum atomic E-state index is -3.44. The highest BCUT2D eigenvalue weighted by atomic mass is 32.2. The molecule has 0 aliphatic carbocycles. The first-order valence-corrected chi connectivity index (χ1v) is 12.2. The molecule has 0 saturated carbocycles. The van der Waals surface area contributed by atoms with Gasteiger partial charge in [-0.2, -0.15) is 16.1 Å². The molecule has 1 rings (SSSR count). The Balaban J connectivity index is 2.70. The maximum atomic E-state index is 12.5. The number of nitrogens with zero attached hydrogens (tertiary/aromatic N) is 2. The van der Waals surface area contributed by atoms with Crippen LogP contribution in [0.1, 0.15) is 39.2 Å². The summed E-state index contributed by atoms with van der Waals surface area (Å²) in [6.45, 7) is 7.95. The van der Waals surface area contributed by atoms with Gasteiger partial charge in [0.05, 0.1) is 11.4 Å². The topological polar surface area (TPSA) is 73.8 Å². The van der Waals surface area contributed by atoms with E-state index >= 15 is 0 Å². The van der Waals surface area contributed by atoms with Crippen LogP contribution in [0.5, 0.6) is 0 Å². The van der Waals surface area contributed by atoms with Crippen LogP contribution in [-0.2, 0) is 16.6 Å². The van der Waals surface area contributed by atoms with Crippen LogP contribution in [0.2, 0.25) is 0 Å². The molecule has 2 N–H and O–H groups in total. The fourth-order valence-electron chi connectivity index (χ4n) is 2.30. The van der Waals surface area contributed by atoms with Gasteiger partial charge in [-0.3, -0.25) is 0 Å². The van der Waals surface area contributed by atoms with Crippen molar-refractivity contribution in [3.05, 3.63) is 29.8 Å². The van der Waals surface area contributed by atoms with Gasteiger partial charge in [-0.05, 0) is 63.3 Å². The van der Waals surface area contributed by atoms with Gasteiger partial charge in [0, 0.05) is 26.2 Å². The number of hydrogen-bond donors (Lipinski definition) is 2. The van der Waals surface area contributed by atoms with Gasteiger partial charge in [0.15, 0.2) is 5.96 Å². The van der Waals surface area contributed by atoms with Crippen LogP contribution >= 0.6 is 11.8 Å². The maximum Gasteiger partial charge on any atom is 0.243 e. The molecule has 0 bridgehead atoms. The average Bonchev–Trinajstić information content (AvgIpc) is 2.65. The Morgan fingerprint density at radius 2 is 1.85 bits per heavy atom. The molecule has 6 nitrogen and oxygen atoms in total. The molecule has 8 heteroatoms. The second-order valence-corrected chi connectivity index (χ2v) is 9.56. The Hall–Kier alpha value is -1.25. The highest BCUT2D eigenvalue weighted by Crippen LogP contribution is 2.17. The lowest BCUT2D eigenvalue weighted by Crippen LogP contribution is -2.37. The number of unbranched alkanes of at least 4 members (excludes halogenated alkanes) is 1. The molecule has 1 aromatic carbocycles. The monoisotopic (exact) mass is 414 g/mol. The van der Waals surface area contributed by atoms with E-state index in [0.29, 0.717) is 11.4 Å². The van der Waals surface area contributed by atoms with Crippen molar-refractivity contribution in [3.8, 4) is 0 Å². The first kappa shape index (κ1) is 23.8. The van der Waals surface area contributed by atoms with E-state index in [-0.39, 0.29) is 6.04 Å². The summed E-state index contributed by atoms with van der Waals surface area (Å²) in [6, 6.07) is 6.88. The van der Waals surface area contributed by atoms with Gasteiger partial charge in [-0.15, -0.1) is 0 Å². The second kappa shape index (κ2) is 12.3. The summed E-state index contributed by atoms with van der Waals surface area (Å²) < 4.78 is 26.4. The van der Waals surface area contributed by atoms with Crippen molar-refractivity contribution in [1.82, 2.24) is 14.9 Å². The largest absolute Gasteiger partial charge is 0.357 e. The zero-order valence-electron chi connectivity index (χ0n) is 17.2. The van der Waals surface area contributed by atoms with Crippen molar-refractivity contribution in [2.24, 2.45) is 4.99 Å². The summed E-state index contributed by atoms with van der Waals surface area (Å²) in [5.74, 6) is 1.97. The fraction of sp³-hybridized carbons (Fsp3) is 0.632. The molecule has 1 aromatic rings. The van der Waals surface area contributed by atoms with Gasteiger partial charge in [-0.25, -0.2) is 13.4 Å². The molecule has 0 aliphatic rings. The molecule has 0 fully saturated rings. The van der Waals surface area contributed by atoms with Gasteiger partial charge >= 0.3 is 0 Å². The molecule has 0 heterocycles. The van der Waals surface area contributed by atoms with E-state index in [1.54, 1.807) is 19.2 Å². The lowest BCUT2D eigenvalue weighted by molar-refractivity contribution is 0.410. The van der Waals surface area contributed by atoms with Gasteiger partial charge < -0.3 is 10.6 Å². The number of benzene rings is 1. The third-order valence-corrected chi connectivity index (χ3v) is 6.90. The van der Waals surface area contributed by atoms with E-state index in [1.165, 1.54) is 16.5 Å². The lowest BCUT2D eigenvalue weighted by Gasteiger charge is -2.21. The third-order valence-electron chi connectivity index (χ3n) is 4.16. The van der Waals surface area contributed by atoms with E-state index in [9.17, 15) is 8.42 Å². The Kier molecular flexibility index (Phi) is 10.8. The number of hydrogen-bond acceptors (Lipinski definition) is 4. The number of thioether (sulfide) groups is 1. The predicted molar refractivity (Wildman–Crippen MR) is 117 cm³/mol. The van der Waals surface area contributed by atoms with Crippen molar-refractivity contribution < 1.29 is 8.42 Å². The van der Waals surface area contributed by atoms with E-state index in [4.69, 9.17) is 0 Å². The molecule has 0 spiro atoms. The van der Waals surface area contributed by atoms with Gasteiger partial charge in [0.2, 0.25) is 10.0 Å². The lowest BCUT2D eigenvalue weighted by atomic mass is 10.2. The van der Waals surface area contributed by atoms with Gasteiger partial charge in [-0.1, -0.05) is 12.1 Å². The summed E-state index contributed by atoms with van der Waals surface area (Å²) in [5, 5.41) is 6.58. The third kappa shape index (κ3) is 8.11. The summed E-state index contributed by atoms with van der Waals surface area (Å²) in [5.41, 5.74) is 0.973. The first-order valence-electron chi connectivity index (χ1n) is 9.41. The Labute approximate surface area is 169 Å². The number of aliphatic imine (C=N–C) groups is 1. The highest BCUT2D eigenvalue weighted by Gasteiger charge is 2.22. The van der Waals surface area contributed by atoms with E-state index in [1.807, 2.05) is 44.7 Å². The summed E-state index contributed by atoms with van der Waals surface area (Å²) in [4.78, 5) is 4.90. The molecule has 0 atom stereocenters. The van der Waals surface area contributed by atoms with Crippen molar-refractivity contribution in [1.29, 1.82) is 0 Å². The van der Waals surface area contributed by atoms with Crippen LogP contribution in [0.3, 0.4) is 0 Å². The van der Waals surface area contributed by atoms with E-state index < -0.39 is 10.0 Å². The summed E-state index contributed by atoms with van der Waals surface area (Å²) in [7, 11) is -1.84. The quantitative estimate of drug-likeness (QED) is 0.331. The molecule has 27 heavy (non-hydrogen) atoms. The first-order chi connectivity index (χ1) is 12.8. The number of guanidine groups is 1. The average molecular weight is 415 g/mol. The molecule has 0 radical (unpaired) electrons. The SMILES string of the molecule is CCNC(=NCc1ccc(S(=O)(=O)N(C)C(C)C)cc1)NCCCCSC. The summed E-state index contributed by atoms with van der Waals surface area (Å²) >= 11 is 1.86. The van der Waals surface area contributed by atoms with Crippen molar-refractivity contribution in [2.75, 3.05) is 32.1 Å². The molecule has 0 aliphatic heterocycles. The summed E-state index contributed by atoms with van der Waals surface area (Å²) in [6.07, 6.45) is 4.42. The van der Waals surface area contributed by atoms with E-state index in [0.717, 1.165) is 31.0 Å². The van der Waals surface area contributed by atoms with Crippen LogP contribution in [0.4, 0.5) is 0 Å². The van der Waals surface area contributed by atoms with Crippen LogP contribution in [0.25, 0.3) is 0 Å². The maximum absolute atomic E-state index is 12.5. The molecule has 0 amide bonds. The second-order valence-electron chi connectivity index (χ2n) is 6.58. The molecule has 0 saturated heterocycles. The molecule has 154 valence electrons. The highest BCUT2D eigenvalue weighted by molar-refractivity contribution is 7.98. The van der Waals surface area contributed by atoms with E-state index in [2.05, 4.69) is 21.9 Å². The van der Waals surface area contributed by atoms with Crippen molar-refractivity contribution >= 4 is 27.7 Å². The van der Waals surface area contributed by atoms with Crippen LogP contribution in [0.15, 0.2) is 34.2 Å². The minimum absolute atomic E-state index is 0.0797. The minimum Gasteiger partial charge on any atom is -0.357 e. The Bertz CT molecular complexity index is 673. The van der Waals surface area contributed by atoms with Crippen molar-refractivity contribution in [2.45, 2.75) is 51.1 Å². The van der Waals surface area contributed by atoms with Crippen LogP contribution in [0, 0.1) is 0 Å². The molecular formula is C19H34N4O2S2. The Morgan fingerprint density at radius 1 is 1.19 bits per heavy atom. The molecule has 0 aromatic heterocycles.